The van der Waals surface area contributed by atoms with Crippen molar-refractivity contribution in [2.45, 2.75) is 0 Å². The number of hydrazone groups is 1. The monoisotopic (exact) mass is 571 g/mol. The summed E-state index contributed by atoms with van der Waals surface area (Å²) in [5, 5.41) is 7.32. The van der Waals surface area contributed by atoms with Crippen molar-refractivity contribution in [1.82, 2.24) is 5.43 Å². The number of nitrogens with one attached hydrogen (secondary N) is 2. The second kappa shape index (κ2) is 13.3. The Morgan fingerprint density at radius 3 is 2.50 bits per heavy atom. The fraction of sp³-hybridized carbons (Fsp3) is 0.115. The number of carbonyl (C=O) groups excluding carboxylic acids is 2. The van der Waals surface area contributed by atoms with Crippen molar-refractivity contribution in [2.24, 2.45) is 5.10 Å². The third-order valence-corrected chi connectivity index (χ3v) is 5.36. The van der Waals surface area contributed by atoms with Crippen molar-refractivity contribution in [1.29, 1.82) is 0 Å². The second-order valence-electron chi connectivity index (χ2n) is 7.19. The molecule has 0 aliphatic carbocycles. The summed E-state index contributed by atoms with van der Waals surface area (Å²) in [7, 11) is 1.49. The lowest BCUT2D eigenvalue weighted by atomic mass is 10.2. The molecule has 0 saturated heterocycles. The lowest BCUT2D eigenvalue weighted by Crippen LogP contribution is -2.20. The smallest absolute Gasteiger partial charge is 0.271 e. The van der Waals surface area contributed by atoms with E-state index in [0.29, 0.717) is 45.7 Å². The van der Waals surface area contributed by atoms with Crippen LogP contribution in [0.3, 0.4) is 0 Å². The summed E-state index contributed by atoms with van der Waals surface area (Å²) in [6.45, 7) is 3.69. The second-order valence-corrected chi connectivity index (χ2v) is 8.54. The number of hydrogen-bond acceptors (Lipinski definition) is 6. The van der Waals surface area contributed by atoms with Crippen LogP contribution in [0.4, 0.5) is 5.69 Å². The summed E-state index contributed by atoms with van der Waals surface area (Å²) >= 11 is 9.26. The lowest BCUT2D eigenvalue weighted by molar-refractivity contribution is -0.118. The van der Waals surface area contributed by atoms with Gasteiger partial charge in [0.25, 0.3) is 11.8 Å². The normalized spacial score (nSPS) is 10.5. The van der Waals surface area contributed by atoms with E-state index in [9.17, 15) is 9.59 Å². The molecule has 0 atom stereocenters. The predicted molar refractivity (Wildman–Crippen MR) is 143 cm³/mol. The van der Waals surface area contributed by atoms with Crippen LogP contribution in [0.15, 0.2) is 82.9 Å². The Bertz CT molecular complexity index is 1260. The first-order valence-electron chi connectivity index (χ1n) is 10.6. The quantitative estimate of drug-likeness (QED) is 0.181. The number of anilines is 1. The molecule has 0 aliphatic rings. The highest BCUT2D eigenvalue weighted by atomic mass is 79.9. The van der Waals surface area contributed by atoms with Crippen LogP contribution in [0.1, 0.15) is 15.9 Å². The van der Waals surface area contributed by atoms with Gasteiger partial charge in [-0.05, 0) is 60.7 Å². The molecule has 0 aromatic heterocycles. The maximum atomic E-state index is 12.6. The Morgan fingerprint density at radius 2 is 1.78 bits per heavy atom. The number of nitrogens with zero attached hydrogens (tertiary/aromatic N) is 1. The molecule has 8 nitrogen and oxygen atoms in total. The Hall–Kier alpha value is -3.82. The first-order valence-corrected chi connectivity index (χ1v) is 11.8. The van der Waals surface area contributed by atoms with Crippen LogP contribution in [0.2, 0.25) is 5.02 Å². The number of rotatable bonds is 11. The summed E-state index contributed by atoms with van der Waals surface area (Å²) in [6.07, 6.45) is 3.04. The van der Waals surface area contributed by atoms with Gasteiger partial charge in [-0.25, -0.2) is 5.43 Å². The van der Waals surface area contributed by atoms with Crippen LogP contribution in [0.25, 0.3) is 0 Å². The van der Waals surface area contributed by atoms with Gasteiger partial charge in [-0.1, -0.05) is 40.2 Å². The average molecular weight is 573 g/mol. The maximum Gasteiger partial charge on any atom is 0.271 e. The number of carbonyl (C=O) groups is 2. The van der Waals surface area contributed by atoms with E-state index in [2.05, 4.69) is 38.4 Å². The molecule has 186 valence electrons. The minimum atomic E-state index is -0.445. The molecule has 0 heterocycles. The number of methoxy groups -OCH3 is 1. The Morgan fingerprint density at radius 1 is 1.03 bits per heavy atom. The summed E-state index contributed by atoms with van der Waals surface area (Å²) in [4.78, 5) is 24.8. The predicted octanol–water partition coefficient (Wildman–Crippen LogP) is 5.46. The van der Waals surface area contributed by atoms with Crippen molar-refractivity contribution < 1.29 is 23.8 Å². The van der Waals surface area contributed by atoms with Crippen molar-refractivity contribution in [3.63, 3.8) is 0 Å². The largest absolute Gasteiger partial charge is 0.493 e. The van der Waals surface area contributed by atoms with E-state index in [4.69, 9.17) is 25.8 Å². The molecule has 10 heteroatoms. The molecule has 0 aliphatic heterocycles. The number of ether oxygens (including phenoxy) is 3. The third-order valence-electron chi connectivity index (χ3n) is 4.61. The molecule has 3 rings (SSSR count). The minimum absolute atomic E-state index is 0.225. The number of hydrogen-bond donors (Lipinski definition) is 2. The third kappa shape index (κ3) is 7.86. The summed E-state index contributed by atoms with van der Waals surface area (Å²) in [5.74, 6) is 0.528. The number of halogens is 2. The molecule has 0 spiro atoms. The highest BCUT2D eigenvalue weighted by molar-refractivity contribution is 9.10. The van der Waals surface area contributed by atoms with Crippen molar-refractivity contribution in [2.75, 3.05) is 25.6 Å². The molecule has 3 aromatic carbocycles. The van der Waals surface area contributed by atoms with Crippen LogP contribution in [-0.2, 0) is 4.79 Å². The van der Waals surface area contributed by atoms with Gasteiger partial charge in [0.2, 0.25) is 0 Å². The fourth-order valence-corrected chi connectivity index (χ4v) is 3.43. The molecular formula is C26H23BrClN3O5. The highest BCUT2D eigenvalue weighted by Gasteiger charge is 2.11. The van der Waals surface area contributed by atoms with E-state index in [0.717, 1.165) is 4.47 Å². The van der Waals surface area contributed by atoms with Gasteiger partial charge in [0, 0.05) is 26.3 Å². The maximum absolute atomic E-state index is 12.6. The van der Waals surface area contributed by atoms with Crippen molar-refractivity contribution >= 4 is 51.2 Å². The standard InChI is InChI=1S/C26H23BrClN3O5/c1-3-12-35-23-10-4-17(14-24(23)34-2)26(33)31-29-15-18-13-19(27)5-11-22(18)36-16-25(32)30-21-8-6-20(28)7-9-21/h3-11,13-15H,1,12,16H2,2H3,(H,30,32)(H,31,33)/b29-15+. The van der Waals surface area contributed by atoms with Gasteiger partial charge < -0.3 is 19.5 Å². The molecule has 0 fully saturated rings. The average Bonchev–Trinajstić information content (AvgIpc) is 2.88. The van der Waals surface area contributed by atoms with Crippen LogP contribution < -0.4 is 25.0 Å². The molecule has 2 amide bonds. The molecule has 0 bridgehead atoms. The van der Waals surface area contributed by atoms with Gasteiger partial charge >= 0.3 is 0 Å². The summed E-state index contributed by atoms with van der Waals surface area (Å²) < 4.78 is 17.2. The minimum Gasteiger partial charge on any atom is -0.493 e. The van der Waals surface area contributed by atoms with E-state index >= 15 is 0 Å². The van der Waals surface area contributed by atoms with Gasteiger partial charge in [0.05, 0.1) is 13.3 Å². The highest BCUT2D eigenvalue weighted by Crippen LogP contribution is 2.28. The fourth-order valence-electron chi connectivity index (χ4n) is 2.93. The zero-order valence-corrected chi connectivity index (χ0v) is 21.6. The topological polar surface area (TPSA) is 98.3 Å². The molecule has 0 saturated carbocycles. The zero-order chi connectivity index (χ0) is 25.9. The first-order chi connectivity index (χ1) is 17.4. The van der Waals surface area contributed by atoms with E-state index in [1.54, 1.807) is 66.7 Å². The zero-order valence-electron chi connectivity index (χ0n) is 19.3. The van der Waals surface area contributed by atoms with Crippen LogP contribution in [0.5, 0.6) is 17.2 Å². The number of benzene rings is 3. The summed E-state index contributed by atoms with van der Waals surface area (Å²) in [5.41, 5.74) is 3.95. The number of amides is 2. The molecule has 0 unspecified atom stereocenters. The van der Waals surface area contributed by atoms with Gasteiger partial charge in [0.1, 0.15) is 12.4 Å². The SMILES string of the molecule is C=CCOc1ccc(C(=O)N/N=C/c2cc(Br)ccc2OCC(=O)Nc2ccc(Cl)cc2)cc1OC. The van der Waals surface area contributed by atoms with E-state index < -0.39 is 5.91 Å². The molecule has 2 N–H and O–H groups in total. The lowest BCUT2D eigenvalue weighted by Gasteiger charge is -2.11. The van der Waals surface area contributed by atoms with Gasteiger partial charge in [-0.3, -0.25) is 9.59 Å². The molecule has 0 radical (unpaired) electrons. The van der Waals surface area contributed by atoms with Crippen molar-refractivity contribution in [3.05, 3.63) is 93.9 Å². The van der Waals surface area contributed by atoms with Crippen LogP contribution in [0, 0.1) is 0 Å². The van der Waals surface area contributed by atoms with Gasteiger partial charge in [0.15, 0.2) is 18.1 Å². The van der Waals surface area contributed by atoms with Crippen LogP contribution >= 0.6 is 27.5 Å². The van der Waals surface area contributed by atoms with E-state index in [-0.39, 0.29) is 12.5 Å². The summed E-state index contributed by atoms with van der Waals surface area (Å²) in [6, 6.07) is 16.7. The van der Waals surface area contributed by atoms with Gasteiger partial charge in [-0.15, -0.1) is 0 Å². The molecular weight excluding hydrogens is 550 g/mol. The first kappa shape index (κ1) is 26.8. The van der Waals surface area contributed by atoms with Gasteiger partial charge in [-0.2, -0.15) is 5.10 Å². The Labute approximate surface area is 222 Å². The Kier molecular flexibility index (Phi) is 9.91. The molecule has 3 aromatic rings. The van der Waals surface area contributed by atoms with E-state index in [1.165, 1.54) is 13.3 Å². The van der Waals surface area contributed by atoms with Crippen molar-refractivity contribution in [3.8, 4) is 17.2 Å². The Balaban J connectivity index is 1.62. The van der Waals surface area contributed by atoms with E-state index in [1.807, 2.05) is 0 Å². The van der Waals surface area contributed by atoms with Crippen LogP contribution in [-0.4, -0.2) is 38.4 Å². The molecule has 36 heavy (non-hydrogen) atoms.